The molecular formula is C16H18ClFN2O3. The lowest BCUT2D eigenvalue weighted by atomic mass is 9.73. The molecule has 1 aromatic carbocycles. The quantitative estimate of drug-likeness (QED) is 0.811. The Morgan fingerprint density at radius 3 is 2.87 bits per heavy atom. The Morgan fingerprint density at radius 1 is 1.52 bits per heavy atom. The number of rotatable bonds is 2. The van der Waals surface area contributed by atoms with Crippen LogP contribution in [0.3, 0.4) is 0 Å². The van der Waals surface area contributed by atoms with E-state index in [4.69, 9.17) is 17.3 Å². The molecule has 7 heteroatoms. The maximum absolute atomic E-state index is 14.4. The van der Waals surface area contributed by atoms with Crippen LogP contribution in [0.25, 0.3) is 0 Å². The van der Waals surface area contributed by atoms with E-state index in [1.807, 2.05) is 0 Å². The van der Waals surface area contributed by atoms with E-state index >= 15 is 0 Å². The van der Waals surface area contributed by atoms with E-state index in [9.17, 15) is 19.1 Å². The Kier molecular flexibility index (Phi) is 3.75. The minimum absolute atomic E-state index is 0.0459. The van der Waals surface area contributed by atoms with E-state index in [-0.39, 0.29) is 28.6 Å². The smallest absolute Gasteiger partial charge is 0.308 e. The lowest BCUT2D eigenvalue weighted by Gasteiger charge is -2.45. The fourth-order valence-electron chi connectivity index (χ4n) is 4.16. The van der Waals surface area contributed by atoms with Gasteiger partial charge in [0.2, 0.25) is 5.91 Å². The lowest BCUT2D eigenvalue weighted by molar-refractivity contribution is -0.149. The largest absolute Gasteiger partial charge is 0.481 e. The first-order valence-electron chi connectivity index (χ1n) is 7.52. The molecule has 0 radical (unpaired) electrons. The zero-order valence-corrected chi connectivity index (χ0v) is 13.4. The van der Waals surface area contributed by atoms with Crippen LogP contribution in [-0.2, 0) is 9.59 Å². The molecule has 2 saturated heterocycles. The summed E-state index contributed by atoms with van der Waals surface area (Å²) in [5, 5.41) is 9.41. The number of piperidine rings is 1. The average molecular weight is 341 g/mol. The van der Waals surface area contributed by atoms with Crippen LogP contribution in [0, 0.1) is 11.7 Å². The van der Waals surface area contributed by atoms with Crippen LogP contribution < -0.4 is 5.73 Å². The van der Waals surface area contributed by atoms with Crippen molar-refractivity contribution in [2.24, 2.45) is 5.92 Å². The highest BCUT2D eigenvalue weighted by molar-refractivity contribution is 6.30. The number of carboxylic acids is 1. The van der Waals surface area contributed by atoms with E-state index in [0.717, 1.165) is 0 Å². The molecule has 3 unspecified atom stereocenters. The van der Waals surface area contributed by atoms with E-state index in [2.05, 4.69) is 0 Å². The fourth-order valence-corrected chi connectivity index (χ4v) is 4.32. The summed E-state index contributed by atoms with van der Waals surface area (Å²) >= 11 is 5.85. The number of carbonyl (C=O) groups excluding carboxylic acids is 1. The number of amides is 1. The molecule has 3 rings (SSSR count). The number of hydrogen-bond donors (Lipinski definition) is 2. The molecule has 124 valence electrons. The van der Waals surface area contributed by atoms with E-state index < -0.39 is 29.2 Å². The molecule has 0 saturated carbocycles. The van der Waals surface area contributed by atoms with Gasteiger partial charge in [0.05, 0.1) is 16.5 Å². The molecule has 3 N–H and O–H groups in total. The Labute approximate surface area is 138 Å². The van der Waals surface area contributed by atoms with Gasteiger partial charge in [0.1, 0.15) is 5.82 Å². The number of fused-ring (bicyclic) bond motifs is 1. The Hall–Kier alpha value is -1.82. The van der Waals surface area contributed by atoms with Crippen LogP contribution in [-0.4, -0.2) is 34.0 Å². The summed E-state index contributed by atoms with van der Waals surface area (Å²) in [7, 11) is 0. The average Bonchev–Trinajstić information content (AvgIpc) is 2.81. The molecule has 0 aliphatic carbocycles. The van der Waals surface area contributed by atoms with Gasteiger partial charge in [-0.2, -0.15) is 0 Å². The Bertz CT molecular complexity index is 688. The molecule has 0 bridgehead atoms. The first kappa shape index (κ1) is 16.1. The highest BCUT2D eigenvalue weighted by Crippen LogP contribution is 2.49. The zero-order valence-electron chi connectivity index (χ0n) is 12.7. The first-order chi connectivity index (χ1) is 10.8. The third-order valence-corrected chi connectivity index (χ3v) is 5.56. The predicted molar refractivity (Wildman–Crippen MR) is 83.7 cm³/mol. The normalized spacial score (nSPS) is 30.4. The van der Waals surface area contributed by atoms with Crippen molar-refractivity contribution in [3.8, 4) is 0 Å². The Balaban J connectivity index is 2.03. The third-order valence-electron chi connectivity index (χ3n) is 5.26. The summed E-state index contributed by atoms with van der Waals surface area (Å²) in [6, 6.07) is 2.90. The number of hydrogen-bond acceptors (Lipinski definition) is 3. The van der Waals surface area contributed by atoms with Crippen molar-refractivity contribution in [1.29, 1.82) is 0 Å². The van der Waals surface area contributed by atoms with Crippen molar-refractivity contribution in [2.75, 3.05) is 12.3 Å². The topological polar surface area (TPSA) is 83.6 Å². The maximum atomic E-state index is 14.4. The number of nitrogens with two attached hydrogens (primary N) is 1. The van der Waals surface area contributed by atoms with Crippen LogP contribution >= 0.6 is 11.6 Å². The van der Waals surface area contributed by atoms with Gasteiger partial charge in [-0.15, -0.1) is 0 Å². The summed E-state index contributed by atoms with van der Waals surface area (Å²) in [5.41, 5.74) is 5.54. The number of halogens is 2. The van der Waals surface area contributed by atoms with Crippen molar-refractivity contribution < 1.29 is 19.1 Å². The van der Waals surface area contributed by atoms with Gasteiger partial charge in [-0.1, -0.05) is 11.6 Å². The number of carbonyl (C=O) groups is 2. The first-order valence-corrected chi connectivity index (χ1v) is 7.90. The van der Waals surface area contributed by atoms with Crippen molar-refractivity contribution >= 4 is 29.2 Å². The van der Waals surface area contributed by atoms with Crippen molar-refractivity contribution in [2.45, 2.75) is 37.6 Å². The van der Waals surface area contributed by atoms with Gasteiger partial charge in [-0.3, -0.25) is 9.59 Å². The molecule has 2 fully saturated rings. The standard InChI is InChI=1S/C16H18ClFN2O3/c1-16-7-8(13-11(19)3-2-10(17)14(13)18)6-12(21)20(16)5-4-9(16)15(22)23/h2-3,8-9H,4-7,19H2,1H3,(H,22,23). The molecule has 23 heavy (non-hydrogen) atoms. The number of benzene rings is 1. The van der Waals surface area contributed by atoms with Crippen LogP contribution in [0.5, 0.6) is 0 Å². The van der Waals surface area contributed by atoms with Crippen molar-refractivity contribution in [1.82, 2.24) is 4.90 Å². The number of anilines is 1. The van der Waals surface area contributed by atoms with Gasteiger partial charge in [-0.25, -0.2) is 4.39 Å². The number of nitrogen functional groups attached to an aromatic ring is 1. The number of aliphatic carboxylic acids is 1. The highest BCUT2D eigenvalue weighted by Gasteiger charge is 2.54. The fraction of sp³-hybridized carbons (Fsp3) is 0.500. The number of nitrogens with zero attached hydrogens (tertiary/aromatic N) is 1. The summed E-state index contributed by atoms with van der Waals surface area (Å²) in [5.74, 6) is -2.83. The predicted octanol–water partition coefficient (Wildman–Crippen LogP) is 2.63. The molecule has 0 spiro atoms. The molecule has 2 aliphatic rings. The molecule has 2 heterocycles. The molecule has 5 nitrogen and oxygen atoms in total. The molecule has 2 aliphatic heterocycles. The van der Waals surface area contributed by atoms with Crippen LogP contribution in [0.2, 0.25) is 5.02 Å². The van der Waals surface area contributed by atoms with Gasteiger partial charge >= 0.3 is 5.97 Å². The van der Waals surface area contributed by atoms with E-state index in [1.165, 1.54) is 12.1 Å². The van der Waals surface area contributed by atoms with Crippen molar-refractivity contribution in [3.05, 3.63) is 28.5 Å². The molecule has 0 aromatic heterocycles. The second kappa shape index (κ2) is 5.37. The van der Waals surface area contributed by atoms with Gasteiger partial charge in [0, 0.05) is 24.2 Å². The minimum Gasteiger partial charge on any atom is -0.481 e. The van der Waals surface area contributed by atoms with Crippen molar-refractivity contribution in [3.63, 3.8) is 0 Å². The maximum Gasteiger partial charge on any atom is 0.308 e. The summed E-state index contributed by atoms with van der Waals surface area (Å²) in [4.78, 5) is 25.6. The Morgan fingerprint density at radius 2 is 2.22 bits per heavy atom. The van der Waals surface area contributed by atoms with E-state index in [0.29, 0.717) is 19.4 Å². The second-order valence-electron chi connectivity index (χ2n) is 6.55. The monoisotopic (exact) mass is 340 g/mol. The highest BCUT2D eigenvalue weighted by atomic mass is 35.5. The zero-order chi connectivity index (χ0) is 16.9. The summed E-state index contributed by atoms with van der Waals surface area (Å²) in [6.45, 7) is 2.19. The number of carboxylic acid groups (broad SMARTS) is 1. The minimum atomic E-state index is -0.928. The van der Waals surface area contributed by atoms with Crippen LogP contribution in [0.15, 0.2) is 12.1 Å². The summed E-state index contributed by atoms with van der Waals surface area (Å²) in [6.07, 6.45) is 0.887. The molecule has 1 aromatic rings. The molecule has 3 atom stereocenters. The summed E-state index contributed by atoms with van der Waals surface area (Å²) < 4.78 is 14.4. The molecular weight excluding hydrogens is 323 g/mol. The van der Waals surface area contributed by atoms with Crippen LogP contribution in [0.1, 0.15) is 37.7 Å². The van der Waals surface area contributed by atoms with Crippen LogP contribution in [0.4, 0.5) is 10.1 Å². The lowest BCUT2D eigenvalue weighted by Crippen LogP contribution is -2.54. The van der Waals surface area contributed by atoms with Gasteiger partial charge < -0.3 is 15.7 Å². The van der Waals surface area contributed by atoms with Gasteiger partial charge in [-0.05, 0) is 37.8 Å². The van der Waals surface area contributed by atoms with E-state index in [1.54, 1.807) is 11.8 Å². The van der Waals surface area contributed by atoms with Gasteiger partial charge in [0.15, 0.2) is 0 Å². The third kappa shape index (κ3) is 2.36. The van der Waals surface area contributed by atoms with Gasteiger partial charge in [0.25, 0.3) is 0 Å². The second-order valence-corrected chi connectivity index (χ2v) is 6.96. The SMILES string of the molecule is CC12CC(c3c(N)ccc(Cl)c3F)CC(=O)N1CCC2C(=O)O. The molecule has 1 amide bonds.